The van der Waals surface area contributed by atoms with Crippen LogP contribution in [0.15, 0.2) is 6.20 Å². The van der Waals surface area contributed by atoms with Gasteiger partial charge in [0.15, 0.2) is 0 Å². The van der Waals surface area contributed by atoms with Crippen molar-refractivity contribution >= 4 is 11.9 Å². The van der Waals surface area contributed by atoms with Crippen LogP contribution in [0.3, 0.4) is 0 Å². The molecule has 1 aliphatic carbocycles. The predicted molar refractivity (Wildman–Crippen MR) is 77.1 cm³/mol. The second-order valence-electron chi connectivity index (χ2n) is 5.98. The minimum absolute atomic E-state index is 0.184. The Balaban J connectivity index is 2.17. The second-order valence-corrected chi connectivity index (χ2v) is 5.98. The number of carboxylic acids is 1. The maximum Gasteiger partial charge on any atom is 0.326 e. The molecule has 2 N–H and O–H groups in total. The standard InChI is InChI=1S/C15H21N3O3/c1-8(2)6-12(15(20)21)18-14(19)11-7-16-9(3)17-13(11)10-4-5-10/h7-8,10,12H,4-6H2,1-3H3,(H,18,19)(H,20,21)/t12-/m0/s1. The van der Waals surface area contributed by atoms with E-state index in [0.717, 1.165) is 18.5 Å². The predicted octanol–water partition coefficient (Wildman–Crippen LogP) is 1.89. The Bertz CT molecular complexity index is 553. The molecule has 0 unspecified atom stereocenters. The number of carbonyl (C=O) groups excluding carboxylic acids is 1. The summed E-state index contributed by atoms with van der Waals surface area (Å²) in [6.45, 7) is 5.63. The van der Waals surface area contributed by atoms with Gasteiger partial charge in [-0.25, -0.2) is 14.8 Å². The molecule has 21 heavy (non-hydrogen) atoms. The van der Waals surface area contributed by atoms with Crippen LogP contribution in [0.5, 0.6) is 0 Å². The fourth-order valence-electron chi connectivity index (χ4n) is 2.26. The van der Waals surface area contributed by atoms with Crippen LogP contribution in [0.4, 0.5) is 0 Å². The molecule has 114 valence electrons. The van der Waals surface area contributed by atoms with Crippen molar-refractivity contribution in [1.29, 1.82) is 0 Å². The molecular formula is C15H21N3O3. The van der Waals surface area contributed by atoms with E-state index in [0.29, 0.717) is 23.7 Å². The zero-order valence-electron chi connectivity index (χ0n) is 12.6. The zero-order valence-corrected chi connectivity index (χ0v) is 12.6. The van der Waals surface area contributed by atoms with E-state index in [2.05, 4.69) is 15.3 Å². The molecule has 1 aliphatic rings. The maximum absolute atomic E-state index is 12.4. The van der Waals surface area contributed by atoms with Crippen LogP contribution in [-0.2, 0) is 4.79 Å². The number of amides is 1. The molecule has 1 heterocycles. The Morgan fingerprint density at radius 1 is 1.43 bits per heavy atom. The summed E-state index contributed by atoms with van der Waals surface area (Å²) in [5.41, 5.74) is 1.15. The first kappa shape index (κ1) is 15.4. The van der Waals surface area contributed by atoms with Crippen LogP contribution in [0.1, 0.15) is 60.9 Å². The van der Waals surface area contributed by atoms with Gasteiger partial charge in [0.25, 0.3) is 5.91 Å². The molecule has 0 radical (unpaired) electrons. The average molecular weight is 291 g/mol. The Morgan fingerprint density at radius 3 is 2.62 bits per heavy atom. The van der Waals surface area contributed by atoms with Gasteiger partial charge in [0.1, 0.15) is 11.9 Å². The lowest BCUT2D eigenvalue weighted by Gasteiger charge is -2.17. The quantitative estimate of drug-likeness (QED) is 0.835. The summed E-state index contributed by atoms with van der Waals surface area (Å²) >= 11 is 0. The minimum atomic E-state index is -1.02. The van der Waals surface area contributed by atoms with Crippen LogP contribution in [0, 0.1) is 12.8 Å². The number of aryl methyl sites for hydroxylation is 1. The van der Waals surface area contributed by atoms with Crippen molar-refractivity contribution < 1.29 is 14.7 Å². The van der Waals surface area contributed by atoms with Crippen LogP contribution >= 0.6 is 0 Å². The number of hydrogen-bond donors (Lipinski definition) is 2. The fraction of sp³-hybridized carbons (Fsp3) is 0.600. The molecule has 0 spiro atoms. The van der Waals surface area contributed by atoms with E-state index in [-0.39, 0.29) is 5.92 Å². The molecule has 0 saturated heterocycles. The van der Waals surface area contributed by atoms with Gasteiger partial charge >= 0.3 is 5.97 Å². The van der Waals surface area contributed by atoms with Crippen molar-refractivity contribution in [3.63, 3.8) is 0 Å². The highest BCUT2D eigenvalue weighted by molar-refractivity contribution is 5.97. The van der Waals surface area contributed by atoms with Crippen molar-refractivity contribution in [3.8, 4) is 0 Å². The summed E-state index contributed by atoms with van der Waals surface area (Å²) in [6, 6.07) is -0.883. The van der Waals surface area contributed by atoms with Crippen molar-refractivity contribution in [2.24, 2.45) is 5.92 Å². The zero-order chi connectivity index (χ0) is 15.6. The molecule has 1 fully saturated rings. The highest BCUT2D eigenvalue weighted by atomic mass is 16.4. The molecule has 2 rings (SSSR count). The fourth-order valence-corrected chi connectivity index (χ4v) is 2.26. The molecular weight excluding hydrogens is 270 g/mol. The summed E-state index contributed by atoms with van der Waals surface area (Å²) < 4.78 is 0. The number of aliphatic carboxylic acids is 1. The Labute approximate surface area is 124 Å². The number of rotatable bonds is 6. The Morgan fingerprint density at radius 2 is 2.10 bits per heavy atom. The third kappa shape index (κ3) is 4.00. The first-order chi connectivity index (χ1) is 9.88. The lowest BCUT2D eigenvalue weighted by atomic mass is 10.0. The van der Waals surface area contributed by atoms with Gasteiger partial charge < -0.3 is 10.4 Å². The molecule has 0 aromatic carbocycles. The topological polar surface area (TPSA) is 92.2 Å². The van der Waals surface area contributed by atoms with Crippen molar-refractivity contribution in [1.82, 2.24) is 15.3 Å². The molecule has 1 aromatic heterocycles. The monoisotopic (exact) mass is 291 g/mol. The number of carbonyl (C=O) groups is 2. The lowest BCUT2D eigenvalue weighted by molar-refractivity contribution is -0.139. The largest absolute Gasteiger partial charge is 0.480 e. The van der Waals surface area contributed by atoms with Gasteiger partial charge in [0.2, 0.25) is 0 Å². The molecule has 1 amide bonds. The molecule has 1 saturated carbocycles. The Hall–Kier alpha value is -1.98. The normalized spacial score (nSPS) is 15.8. The van der Waals surface area contributed by atoms with E-state index in [1.807, 2.05) is 13.8 Å². The van der Waals surface area contributed by atoms with E-state index in [1.54, 1.807) is 6.92 Å². The van der Waals surface area contributed by atoms with Crippen LogP contribution in [0.2, 0.25) is 0 Å². The first-order valence-electron chi connectivity index (χ1n) is 7.25. The molecule has 0 bridgehead atoms. The van der Waals surface area contributed by atoms with Gasteiger partial charge in [0, 0.05) is 12.1 Å². The second kappa shape index (κ2) is 6.20. The lowest BCUT2D eigenvalue weighted by Crippen LogP contribution is -2.42. The highest BCUT2D eigenvalue weighted by Crippen LogP contribution is 2.40. The first-order valence-corrected chi connectivity index (χ1v) is 7.25. The van der Waals surface area contributed by atoms with Gasteiger partial charge in [-0.3, -0.25) is 4.79 Å². The van der Waals surface area contributed by atoms with E-state index >= 15 is 0 Å². The van der Waals surface area contributed by atoms with Crippen molar-refractivity contribution in [2.75, 3.05) is 0 Å². The third-order valence-electron chi connectivity index (χ3n) is 3.46. The smallest absolute Gasteiger partial charge is 0.326 e. The van der Waals surface area contributed by atoms with Gasteiger partial charge in [0.05, 0.1) is 11.3 Å². The summed E-state index contributed by atoms with van der Waals surface area (Å²) in [5, 5.41) is 11.8. The summed E-state index contributed by atoms with van der Waals surface area (Å²) in [6.07, 6.45) is 3.93. The number of carboxylic acid groups (broad SMARTS) is 1. The summed E-state index contributed by atoms with van der Waals surface area (Å²) in [7, 11) is 0. The highest BCUT2D eigenvalue weighted by Gasteiger charge is 2.31. The van der Waals surface area contributed by atoms with Crippen LogP contribution in [-0.4, -0.2) is 33.0 Å². The van der Waals surface area contributed by atoms with Gasteiger partial charge in [-0.2, -0.15) is 0 Å². The molecule has 6 nitrogen and oxygen atoms in total. The van der Waals surface area contributed by atoms with E-state index in [1.165, 1.54) is 6.20 Å². The minimum Gasteiger partial charge on any atom is -0.480 e. The van der Waals surface area contributed by atoms with E-state index in [4.69, 9.17) is 0 Å². The SMILES string of the molecule is Cc1ncc(C(=O)N[C@@H](CC(C)C)C(=O)O)c(C2CC2)n1. The number of nitrogens with zero attached hydrogens (tertiary/aromatic N) is 2. The molecule has 0 aliphatic heterocycles. The summed E-state index contributed by atoms with van der Waals surface area (Å²) in [5.74, 6) is -0.294. The number of hydrogen-bond acceptors (Lipinski definition) is 4. The van der Waals surface area contributed by atoms with Crippen molar-refractivity contribution in [2.45, 2.75) is 52.0 Å². The van der Waals surface area contributed by atoms with E-state index < -0.39 is 17.9 Å². The van der Waals surface area contributed by atoms with Gasteiger partial charge in [-0.1, -0.05) is 13.8 Å². The van der Waals surface area contributed by atoms with E-state index in [9.17, 15) is 14.7 Å². The Kier molecular flexibility index (Phi) is 4.55. The molecule has 6 heteroatoms. The maximum atomic E-state index is 12.4. The van der Waals surface area contributed by atoms with Gasteiger partial charge in [-0.15, -0.1) is 0 Å². The van der Waals surface area contributed by atoms with Crippen molar-refractivity contribution in [3.05, 3.63) is 23.3 Å². The van der Waals surface area contributed by atoms with Gasteiger partial charge in [-0.05, 0) is 32.1 Å². The number of aromatic nitrogens is 2. The third-order valence-corrected chi connectivity index (χ3v) is 3.46. The van der Waals surface area contributed by atoms with Crippen LogP contribution < -0.4 is 5.32 Å². The average Bonchev–Trinajstić information content (AvgIpc) is 3.21. The summed E-state index contributed by atoms with van der Waals surface area (Å²) in [4.78, 5) is 32.0. The van der Waals surface area contributed by atoms with Crippen LogP contribution in [0.25, 0.3) is 0 Å². The molecule has 1 atom stereocenters. The molecule has 1 aromatic rings. The number of nitrogens with one attached hydrogen (secondary N) is 1.